The first-order chi connectivity index (χ1) is 8.22. The maximum atomic E-state index is 11.7. The Balaban J connectivity index is 0.00000289. The Morgan fingerprint density at radius 2 is 1.83 bits per heavy atom. The summed E-state index contributed by atoms with van der Waals surface area (Å²) in [5.74, 6) is 0.787. The van der Waals surface area contributed by atoms with Crippen LogP contribution in [-0.2, 0) is 4.74 Å². The van der Waals surface area contributed by atoms with Gasteiger partial charge in [0.05, 0.1) is 26.4 Å². The molecule has 0 aliphatic rings. The van der Waals surface area contributed by atoms with E-state index in [1.54, 1.807) is 25.3 Å². The van der Waals surface area contributed by atoms with Gasteiger partial charge in [-0.2, -0.15) is 0 Å². The third kappa shape index (κ3) is 4.45. The highest BCUT2D eigenvalue weighted by molar-refractivity contribution is 5.90. The van der Waals surface area contributed by atoms with Crippen LogP contribution in [-0.4, -0.2) is 26.8 Å². The molecule has 0 heterocycles. The van der Waals surface area contributed by atoms with Gasteiger partial charge in [-0.3, -0.25) is 0 Å². The molecule has 0 saturated heterocycles. The molecule has 5 heteroatoms. The standard InChI is InChI=1S/C13H18O4.ClH/c1-4-5-8-17-13(14)10-6-7-11(15-2)12(9-10)16-3;/h6-7,9H,4-5,8H2,1-3H3;1H. The lowest BCUT2D eigenvalue weighted by Gasteiger charge is -2.09. The molecule has 1 rings (SSSR count). The molecule has 0 aromatic heterocycles. The van der Waals surface area contributed by atoms with Crippen molar-refractivity contribution in [1.29, 1.82) is 0 Å². The van der Waals surface area contributed by atoms with E-state index in [1.807, 2.05) is 6.92 Å². The number of carbonyl (C=O) groups is 1. The fourth-order valence-corrected chi connectivity index (χ4v) is 1.36. The second kappa shape index (κ2) is 8.64. The lowest BCUT2D eigenvalue weighted by atomic mass is 10.2. The van der Waals surface area contributed by atoms with E-state index in [2.05, 4.69) is 0 Å². The van der Waals surface area contributed by atoms with Crippen LogP contribution >= 0.6 is 12.4 Å². The third-order valence-electron chi connectivity index (χ3n) is 2.35. The zero-order valence-electron chi connectivity index (χ0n) is 10.9. The normalized spacial score (nSPS) is 9.28. The first-order valence-corrected chi connectivity index (χ1v) is 5.62. The Labute approximate surface area is 114 Å². The van der Waals surface area contributed by atoms with E-state index < -0.39 is 0 Å². The Kier molecular flexibility index (Phi) is 7.96. The Morgan fingerprint density at radius 1 is 1.17 bits per heavy atom. The van der Waals surface area contributed by atoms with Crippen LogP contribution in [0.3, 0.4) is 0 Å². The Bertz CT molecular complexity index is 379. The van der Waals surface area contributed by atoms with Gasteiger partial charge >= 0.3 is 5.97 Å². The first-order valence-electron chi connectivity index (χ1n) is 5.62. The average Bonchev–Trinajstić information content (AvgIpc) is 2.38. The fraction of sp³-hybridized carbons (Fsp3) is 0.462. The van der Waals surface area contributed by atoms with Crippen molar-refractivity contribution in [2.45, 2.75) is 19.8 Å². The van der Waals surface area contributed by atoms with Gasteiger partial charge in [-0.15, -0.1) is 12.4 Å². The van der Waals surface area contributed by atoms with Gasteiger partial charge in [0.1, 0.15) is 0 Å². The molecule has 1 aromatic rings. The van der Waals surface area contributed by atoms with Crippen molar-refractivity contribution in [2.24, 2.45) is 0 Å². The van der Waals surface area contributed by atoms with Crippen LogP contribution in [0.2, 0.25) is 0 Å². The van der Waals surface area contributed by atoms with Crippen molar-refractivity contribution in [3.8, 4) is 11.5 Å². The predicted octanol–water partition coefficient (Wildman–Crippen LogP) is 3.08. The smallest absolute Gasteiger partial charge is 0.338 e. The number of hydrogen-bond acceptors (Lipinski definition) is 4. The lowest BCUT2D eigenvalue weighted by molar-refractivity contribution is 0.0499. The Morgan fingerprint density at radius 3 is 2.39 bits per heavy atom. The molecule has 0 fully saturated rings. The number of unbranched alkanes of at least 4 members (excludes halogenated alkanes) is 1. The summed E-state index contributed by atoms with van der Waals surface area (Å²) >= 11 is 0. The zero-order valence-corrected chi connectivity index (χ0v) is 11.7. The summed E-state index contributed by atoms with van der Waals surface area (Å²) in [6.07, 6.45) is 1.87. The second-order valence-corrected chi connectivity index (χ2v) is 3.56. The number of esters is 1. The van der Waals surface area contributed by atoms with Crippen molar-refractivity contribution in [3.63, 3.8) is 0 Å². The summed E-state index contributed by atoms with van der Waals surface area (Å²) in [5, 5.41) is 0. The van der Waals surface area contributed by atoms with Crippen LogP contribution in [0.1, 0.15) is 30.1 Å². The average molecular weight is 275 g/mol. The maximum Gasteiger partial charge on any atom is 0.338 e. The summed E-state index contributed by atoms with van der Waals surface area (Å²) in [6, 6.07) is 4.97. The van der Waals surface area contributed by atoms with E-state index in [0.717, 1.165) is 12.8 Å². The number of hydrogen-bond donors (Lipinski definition) is 0. The molecule has 1 aromatic carbocycles. The number of ether oxygens (including phenoxy) is 3. The zero-order chi connectivity index (χ0) is 12.7. The largest absolute Gasteiger partial charge is 0.493 e. The van der Waals surface area contributed by atoms with E-state index in [4.69, 9.17) is 14.2 Å². The Hall–Kier alpha value is -1.42. The van der Waals surface area contributed by atoms with Crippen molar-refractivity contribution >= 4 is 18.4 Å². The van der Waals surface area contributed by atoms with Crippen LogP contribution < -0.4 is 9.47 Å². The molecule has 0 spiro atoms. The van der Waals surface area contributed by atoms with Crippen molar-refractivity contribution < 1.29 is 19.0 Å². The lowest BCUT2D eigenvalue weighted by Crippen LogP contribution is -2.06. The van der Waals surface area contributed by atoms with E-state index in [9.17, 15) is 4.79 Å². The molecule has 18 heavy (non-hydrogen) atoms. The van der Waals surface area contributed by atoms with Crippen LogP contribution in [0.15, 0.2) is 18.2 Å². The molecule has 0 bridgehead atoms. The second-order valence-electron chi connectivity index (χ2n) is 3.56. The van der Waals surface area contributed by atoms with Gasteiger partial charge in [-0.1, -0.05) is 13.3 Å². The summed E-state index contributed by atoms with van der Waals surface area (Å²) in [7, 11) is 3.08. The van der Waals surface area contributed by atoms with Gasteiger partial charge in [0, 0.05) is 0 Å². The number of halogens is 1. The molecule has 0 atom stereocenters. The molecule has 0 unspecified atom stereocenters. The summed E-state index contributed by atoms with van der Waals surface area (Å²) in [4.78, 5) is 11.7. The maximum absolute atomic E-state index is 11.7. The highest BCUT2D eigenvalue weighted by Crippen LogP contribution is 2.27. The number of methoxy groups -OCH3 is 2. The van der Waals surface area contributed by atoms with Crippen LogP contribution in [0.4, 0.5) is 0 Å². The number of rotatable bonds is 6. The van der Waals surface area contributed by atoms with Gasteiger partial charge in [-0.05, 0) is 24.6 Å². The molecule has 0 aliphatic carbocycles. The molecular weight excluding hydrogens is 256 g/mol. The van der Waals surface area contributed by atoms with Gasteiger partial charge in [-0.25, -0.2) is 4.79 Å². The topological polar surface area (TPSA) is 44.8 Å². The quantitative estimate of drug-likeness (QED) is 0.591. The number of benzene rings is 1. The third-order valence-corrected chi connectivity index (χ3v) is 2.35. The molecule has 4 nitrogen and oxygen atoms in total. The summed E-state index contributed by atoms with van der Waals surface area (Å²) in [5.41, 5.74) is 0.471. The molecule has 0 N–H and O–H groups in total. The highest BCUT2D eigenvalue weighted by atomic mass is 35.5. The summed E-state index contributed by atoms with van der Waals surface area (Å²) in [6.45, 7) is 2.49. The molecule has 0 amide bonds. The van der Waals surface area contributed by atoms with E-state index in [1.165, 1.54) is 7.11 Å². The van der Waals surface area contributed by atoms with Crippen LogP contribution in [0.25, 0.3) is 0 Å². The molecular formula is C13H19ClO4. The minimum Gasteiger partial charge on any atom is -0.493 e. The van der Waals surface area contributed by atoms with Crippen molar-refractivity contribution in [1.82, 2.24) is 0 Å². The molecule has 0 radical (unpaired) electrons. The predicted molar refractivity (Wildman–Crippen MR) is 72.0 cm³/mol. The van der Waals surface area contributed by atoms with Gasteiger partial charge in [0.2, 0.25) is 0 Å². The minimum absolute atomic E-state index is 0. The van der Waals surface area contributed by atoms with E-state index >= 15 is 0 Å². The van der Waals surface area contributed by atoms with Crippen LogP contribution in [0, 0.1) is 0 Å². The van der Waals surface area contributed by atoms with Crippen LogP contribution in [0.5, 0.6) is 11.5 Å². The molecule has 0 saturated carbocycles. The minimum atomic E-state index is -0.334. The summed E-state index contributed by atoms with van der Waals surface area (Å²) < 4.78 is 15.3. The molecule has 102 valence electrons. The van der Waals surface area contributed by atoms with Crippen molar-refractivity contribution in [2.75, 3.05) is 20.8 Å². The highest BCUT2D eigenvalue weighted by Gasteiger charge is 2.11. The molecule has 0 aliphatic heterocycles. The monoisotopic (exact) mass is 274 g/mol. The van der Waals surface area contributed by atoms with Crippen molar-refractivity contribution in [3.05, 3.63) is 23.8 Å². The number of carbonyl (C=O) groups excluding carboxylic acids is 1. The van der Waals surface area contributed by atoms with E-state index in [0.29, 0.717) is 23.7 Å². The van der Waals surface area contributed by atoms with E-state index in [-0.39, 0.29) is 18.4 Å². The van der Waals surface area contributed by atoms with Gasteiger partial charge < -0.3 is 14.2 Å². The van der Waals surface area contributed by atoms with Gasteiger partial charge in [0.15, 0.2) is 11.5 Å². The first kappa shape index (κ1) is 16.6. The SMILES string of the molecule is CCCCOC(=O)c1ccc(OC)c(OC)c1.Cl. The fourth-order valence-electron chi connectivity index (χ4n) is 1.36. The van der Waals surface area contributed by atoms with Gasteiger partial charge in [0.25, 0.3) is 0 Å².